The molecule has 0 radical (unpaired) electrons. The van der Waals surface area contributed by atoms with Crippen LogP contribution in [-0.2, 0) is 20.9 Å². The smallest absolute Gasteiger partial charge is 0.252 e. The largest absolute Gasteiger partial charge is 0.356 e. The van der Waals surface area contributed by atoms with Gasteiger partial charge in [0.2, 0.25) is 5.91 Å². The Bertz CT molecular complexity index is 807. The summed E-state index contributed by atoms with van der Waals surface area (Å²) in [6.07, 6.45) is -0.766. The van der Waals surface area contributed by atoms with Crippen LogP contribution in [0.1, 0.15) is 36.8 Å². The number of carbonyl (C=O) groups excluding carboxylic acids is 2. The van der Waals surface area contributed by atoms with E-state index in [1.807, 2.05) is 69.3 Å². The molecule has 0 unspecified atom stereocenters. The fraction of sp³-hybridized carbons (Fsp3) is 0.381. The molecule has 1 aromatic heterocycles. The van der Waals surface area contributed by atoms with E-state index in [1.165, 1.54) is 0 Å². The van der Waals surface area contributed by atoms with E-state index in [0.717, 1.165) is 17.0 Å². The van der Waals surface area contributed by atoms with Gasteiger partial charge in [-0.15, -0.1) is 0 Å². The Morgan fingerprint density at radius 2 is 1.96 bits per heavy atom. The summed E-state index contributed by atoms with van der Waals surface area (Å²) in [7, 11) is 0. The van der Waals surface area contributed by atoms with E-state index in [-0.39, 0.29) is 24.5 Å². The molecule has 0 saturated carbocycles. The number of ether oxygens (including phenoxy) is 1. The molecule has 1 fully saturated rings. The van der Waals surface area contributed by atoms with Crippen LogP contribution in [0.25, 0.3) is 0 Å². The predicted octanol–water partition coefficient (Wildman–Crippen LogP) is 2.38. The Morgan fingerprint density at radius 3 is 2.63 bits per heavy atom. The molecular formula is C21H25N3O3. The number of hydrogen-bond donors (Lipinski definition) is 1. The first-order chi connectivity index (χ1) is 13.0. The van der Waals surface area contributed by atoms with Crippen molar-refractivity contribution in [2.24, 2.45) is 0 Å². The lowest BCUT2D eigenvalue weighted by Gasteiger charge is -2.42. The molecule has 27 heavy (non-hydrogen) atoms. The monoisotopic (exact) mass is 367 g/mol. The molecule has 1 N–H and O–H groups in total. The van der Waals surface area contributed by atoms with Crippen LogP contribution in [0.4, 0.5) is 0 Å². The number of amides is 2. The highest BCUT2D eigenvalue weighted by molar-refractivity contribution is 5.86. The van der Waals surface area contributed by atoms with Crippen molar-refractivity contribution in [2.75, 3.05) is 6.61 Å². The Morgan fingerprint density at radius 1 is 1.22 bits per heavy atom. The summed E-state index contributed by atoms with van der Waals surface area (Å²) in [4.78, 5) is 31.5. The van der Waals surface area contributed by atoms with Crippen molar-refractivity contribution >= 4 is 11.8 Å². The third-order valence-electron chi connectivity index (χ3n) is 4.61. The molecule has 1 saturated heterocycles. The number of nitrogens with zero attached hydrogens (tertiary/aromatic N) is 2. The molecule has 2 heterocycles. The second-order valence-corrected chi connectivity index (χ2v) is 6.97. The van der Waals surface area contributed by atoms with E-state index >= 15 is 0 Å². The lowest BCUT2D eigenvalue weighted by atomic mass is 9.95. The van der Waals surface area contributed by atoms with Crippen molar-refractivity contribution in [1.82, 2.24) is 15.2 Å². The minimum Gasteiger partial charge on any atom is -0.356 e. The molecule has 1 aliphatic heterocycles. The zero-order chi connectivity index (χ0) is 19.4. The van der Waals surface area contributed by atoms with E-state index in [4.69, 9.17) is 4.74 Å². The minimum atomic E-state index is -0.766. The van der Waals surface area contributed by atoms with Crippen LogP contribution in [0.3, 0.4) is 0 Å². The maximum absolute atomic E-state index is 12.9. The lowest BCUT2D eigenvalue weighted by Crippen LogP contribution is -2.56. The molecule has 142 valence electrons. The molecule has 6 heteroatoms. The van der Waals surface area contributed by atoms with Crippen molar-refractivity contribution in [3.05, 3.63) is 65.5 Å². The van der Waals surface area contributed by atoms with E-state index in [9.17, 15) is 9.59 Å². The highest BCUT2D eigenvalue weighted by Crippen LogP contribution is 2.32. The Balaban J connectivity index is 1.82. The Kier molecular flexibility index (Phi) is 5.86. The summed E-state index contributed by atoms with van der Waals surface area (Å²) in [5.41, 5.74) is 2.56. The van der Waals surface area contributed by atoms with Gasteiger partial charge in [0.1, 0.15) is 6.61 Å². The van der Waals surface area contributed by atoms with Gasteiger partial charge >= 0.3 is 0 Å². The van der Waals surface area contributed by atoms with Crippen molar-refractivity contribution < 1.29 is 14.3 Å². The molecule has 1 aromatic carbocycles. The zero-order valence-corrected chi connectivity index (χ0v) is 15.9. The number of pyridine rings is 1. The molecule has 3 rings (SSSR count). The topological polar surface area (TPSA) is 71.5 Å². The number of aromatic nitrogens is 1. The highest BCUT2D eigenvalue weighted by atomic mass is 16.5. The molecule has 0 bridgehead atoms. The standard InChI is InChI=1S/C21H25N3O3/c1-14(2)24-18(25)13-27-20(19(24)16-9-5-4-6-10-16)21(26)22-12-17-11-7-8-15(3)23-17/h4-11,14,19-20H,12-13H2,1-3H3,(H,22,26)/t19-,20+/m1/s1. The molecule has 2 atom stereocenters. The normalized spacial score (nSPS) is 20.0. The van der Waals surface area contributed by atoms with Crippen LogP contribution >= 0.6 is 0 Å². The van der Waals surface area contributed by atoms with E-state index in [2.05, 4.69) is 10.3 Å². The van der Waals surface area contributed by atoms with Gasteiger partial charge in [0.25, 0.3) is 5.91 Å². The van der Waals surface area contributed by atoms with Crippen LogP contribution in [0.5, 0.6) is 0 Å². The van der Waals surface area contributed by atoms with Crippen LogP contribution < -0.4 is 5.32 Å². The van der Waals surface area contributed by atoms with Gasteiger partial charge in [-0.3, -0.25) is 14.6 Å². The Hall–Kier alpha value is -2.73. The van der Waals surface area contributed by atoms with Crippen molar-refractivity contribution in [3.8, 4) is 0 Å². The third kappa shape index (κ3) is 4.34. The van der Waals surface area contributed by atoms with Gasteiger partial charge in [0.15, 0.2) is 6.10 Å². The third-order valence-corrected chi connectivity index (χ3v) is 4.61. The molecule has 0 aliphatic carbocycles. The van der Waals surface area contributed by atoms with Crippen LogP contribution in [0, 0.1) is 6.92 Å². The van der Waals surface area contributed by atoms with Crippen molar-refractivity contribution in [2.45, 2.75) is 45.5 Å². The molecule has 6 nitrogen and oxygen atoms in total. The SMILES string of the molecule is Cc1cccc(CNC(=O)[C@H]2OCC(=O)N(C(C)C)[C@@H]2c2ccccc2)n1. The number of aryl methyl sites for hydroxylation is 1. The average Bonchev–Trinajstić information content (AvgIpc) is 2.66. The number of hydrogen-bond acceptors (Lipinski definition) is 4. The molecule has 0 spiro atoms. The van der Waals surface area contributed by atoms with Gasteiger partial charge in [-0.05, 0) is 38.5 Å². The first-order valence-electron chi connectivity index (χ1n) is 9.15. The first kappa shape index (κ1) is 19.0. The van der Waals surface area contributed by atoms with E-state index in [1.54, 1.807) is 4.90 Å². The maximum Gasteiger partial charge on any atom is 0.252 e. The quantitative estimate of drug-likeness (QED) is 0.881. The van der Waals surface area contributed by atoms with E-state index < -0.39 is 12.1 Å². The number of morpholine rings is 1. The number of carbonyl (C=O) groups is 2. The fourth-order valence-corrected chi connectivity index (χ4v) is 3.42. The van der Waals surface area contributed by atoms with Crippen molar-refractivity contribution in [3.63, 3.8) is 0 Å². The average molecular weight is 367 g/mol. The lowest BCUT2D eigenvalue weighted by molar-refractivity contribution is -0.167. The summed E-state index contributed by atoms with van der Waals surface area (Å²) in [5, 5.41) is 2.91. The highest BCUT2D eigenvalue weighted by Gasteiger charge is 2.42. The first-order valence-corrected chi connectivity index (χ1v) is 9.15. The fourth-order valence-electron chi connectivity index (χ4n) is 3.42. The summed E-state index contributed by atoms with van der Waals surface area (Å²) < 4.78 is 5.69. The van der Waals surface area contributed by atoms with Gasteiger partial charge in [-0.2, -0.15) is 0 Å². The summed E-state index contributed by atoms with van der Waals surface area (Å²) in [5.74, 6) is -0.353. The number of benzene rings is 1. The molecular weight excluding hydrogens is 342 g/mol. The molecule has 2 amide bonds. The van der Waals surface area contributed by atoms with Gasteiger partial charge in [0, 0.05) is 11.7 Å². The summed E-state index contributed by atoms with van der Waals surface area (Å²) in [6.45, 7) is 6.03. The zero-order valence-electron chi connectivity index (χ0n) is 15.9. The number of rotatable bonds is 5. The van der Waals surface area contributed by atoms with Crippen LogP contribution in [0.2, 0.25) is 0 Å². The second-order valence-electron chi connectivity index (χ2n) is 6.97. The minimum absolute atomic E-state index is 0.0413. The van der Waals surface area contributed by atoms with Crippen LogP contribution in [0.15, 0.2) is 48.5 Å². The maximum atomic E-state index is 12.9. The van der Waals surface area contributed by atoms with Gasteiger partial charge in [-0.25, -0.2) is 0 Å². The Labute approximate surface area is 159 Å². The van der Waals surface area contributed by atoms with Crippen LogP contribution in [-0.4, -0.2) is 40.5 Å². The van der Waals surface area contributed by atoms with E-state index in [0.29, 0.717) is 6.54 Å². The molecule has 1 aliphatic rings. The van der Waals surface area contributed by atoms with Gasteiger partial charge in [0.05, 0.1) is 18.3 Å². The van der Waals surface area contributed by atoms with Gasteiger partial charge < -0.3 is 15.0 Å². The number of nitrogens with one attached hydrogen (secondary N) is 1. The van der Waals surface area contributed by atoms with Gasteiger partial charge in [-0.1, -0.05) is 36.4 Å². The summed E-state index contributed by atoms with van der Waals surface area (Å²) in [6, 6.07) is 14.7. The predicted molar refractivity (Wildman–Crippen MR) is 102 cm³/mol. The summed E-state index contributed by atoms with van der Waals surface area (Å²) >= 11 is 0. The second kappa shape index (κ2) is 8.31. The van der Waals surface area contributed by atoms with Crippen molar-refractivity contribution in [1.29, 1.82) is 0 Å². The molecule has 2 aromatic rings.